The highest BCUT2D eigenvalue weighted by Gasteiger charge is 2.25. The minimum Gasteiger partial charge on any atom is -0.497 e. The van der Waals surface area contributed by atoms with Crippen molar-refractivity contribution in [1.82, 2.24) is 14.8 Å². The maximum Gasteiger partial charge on any atom is 0.255 e. The van der Waals surface area contributed by atoms with Crippen molar-refractivity contribution in [3.05, 3.63) is 59.7 Å². The van der Waals surface area contributed by atoms with Gasteiger partial charge in [-0.2, -0.15) is 4.39 Å². The summed E-state index contributed by atoms with van der Waals surface area (Å²) in [5.74, 6) is 0.177. The van der Waals surface area contributed by atoms with Gasteiger partial charge in [-0.15, -0.1) is 0 Å². The van der Waals surface area contributed by atoms with Gasteiger partial charge in [0.2, 0.25) is 5.95 Å². The lowest BCUT2D eigenvalue weighted by Gasteiger charge is -2.38. The molecule has 0 aliphatic carbocycles. The van der Waals surface area contributed by atoms with E-state index in [9.17, 15) is 9.18 Å². The second-order valence-corrected chi connectivity index (χ2v) is 6.15. The summed E-state index contributed by atoms with van der Waals surface area (Å²) in [6, 6.07) is 11.0. The molecule has 1 saturated heterocycles. The molecule has 2 aromatic rings. The molecule has 0 radical (unpaired) electrons. The highest BCUT2D eigenvalue weighted by atomic mass is 19.1. The number of piperazine rings is 1. The quantitative estimate of drug-likeness (QED) is 0.801. The van der Waals surface area contributed by atoms with Crippen molar-refractivity contribution in [2.24, 2.45) is 0 Å². The molecule has 132 valence electrons. The largest absolute Gasteiger partial charge is 0.497 e. The van der Waals surface area contributed by atoms with Gasteiger partial charge in [-0.1, -0.05) is 12.1 Å². The molecule has 5 nitrogen and oxygen atoms in total. The van der Waals surface area contributed by atoms with Crippen molar-refractivity contribution in [2.45, 2.75) is 13.0 Å². The molecule has 1 amide bonds. The van der Waals surface area contributed by atoms with Crippen LogP contribution in [0.25, 0.3) is 0 Å². The highest BCUT2D eigenvalue weighted by Crippen LogP contribution is 2.25. The smallest absolute Gasteiger partial charge is 0.255 e. The molecule has 25 heavy (non-hydrogen) atoms. The van der Waals surface area contributed by atoms with Crippen molar-refractivity contribution in [3.8, 4) is 5.75 Å². The predicted molar refractivity (Wildman–Crippen MR) is 93.1 cm³/mol. The predicted octanol–water partition coefficient (Wildman–Crippen LogP) is 2.75. The number of nitrogens with zero attached hydrogens (tertiary/aromatic N) is 3. The number of hydrogen-bond acceptors (Lipinski definition) is 4. The Labute approximate surface area is 147 Å². The Kier molecular flexibility index (Phi) is 5.28. The standard InChI is InChI=1S/C19H22FN3O2/c1-14(15-4-3-5-17(12-15)25-2)22-8-10-23(11-9-22)19(24)16-6-7-18(20)21-13-16/h3-7,12-14H,8-11H2,1-2H3/t14-/m0/s1. The first-order valence-corrected chi connectivity index (χ1v) is 8.37. The van der Waals surface area contributed by atoms with Crippen LogP contribution in [0.3, 0.4) is 0 Å². The van der Waals surface area contributed by atoms with Crippen molar-refractivity contribution >= 4 is 5.91 Å². The van der Waals surface area contributed by atoms with Crippen molar-refractivity contribution in [1.29, 1.82) is 0 Å². The second kappa shape index (κ2) is 7.61. The van der Waals surface area contributed by atoms with Crippen LogP contribution in [-0.4, -0.2) is 54.0 Å². The lowest BCUT2D eigenvalue weighted by molar-refractivity contribution is 0.0581. The Morgan fingerprint density at radius 2 is 1.96 bits per heavy atom. The van der Waals surface area contributed by atoms with Crippen LogP contribution in [-0.2, 0) is 0 Å². The fraction of sp³-hybridized carbons (Fsp3) is 0.368. The van der Waals surface area contributed by atoms with Gasteiger partial charge < -0.3 is 9.64 Å². The fourth-order valence-corrected chi connectivity index (χ4v) is 3.11. The fourth-order valence-electron chi connectivity index (χ4n) is 3.11. The number of halogens is 1. The summed E-state index contributed by atoms with van der Waals surface area (Å²) in [6.45, 7) is 5.03. The van der Waals surface area contributed by atoms with Crippen LogP contribution in [0, 0.1) is 5.95 Å². The molecule has 1 aliphatic heterocycles. The number of carbonyl (C=O) groups excluding carboxylic acids is 1. The van der Waals surface area contributed by atoms with Crippen molar-refractivity contribution < 1.29 is 13.9 Å². The lowest BCUT2D eigenvalue weighted by Crippen LogP contribution is -2.49. The maximum atomic E-state index is 12.9. The Bertz CT molecular complexity index is 728. The van der Waals surface area contributed by atoms with E-state index in [0.717, 1.165) is 18.8 Å². The number of pyridine rings is 1. The Balaban J connectivity index is 1.61. The SMILES string of the molecule is COc1cccc([C@H](C)N2CCN(C(=O)c3ccc(F)nc3)CC2)c1. The number of aromatic nitrogens is 1. The first kappa shape index (κ1) is 17.4. The summed E-state index contributed by atoms with van der Waals surface area (Å²) < 4.78 is 18.2. The third-order valence-corrected chi connectivity index (χ3v) is 4.70. The molecular weight excluding hydrogens is 321 g/mol. The molecule has 1 aliphatic rings. The third kappa shape index (κ3) is 3.96. The van der Waals surface area contributed by atoms with E-state index in [4.69, 9.17) is 4.74 Å². The van der Waals surface area contributed by atoms with Crippen LogP contribution in [0.15, 0.2) is 42.6 Å². The van der Waals surface area contributed by atoms with Gasteiger partial charge in [0.05, 0.1) is 12.7 Å². The Morgan fingerprint density at radius 1 is 1.20 bits per heavy atom. The second-order valence-electron chi connectivity index (χ2n) is 6.15. The van der Waals surface area contributed by atoms with E-state index in [1.165, 1.54) is 23.9 Å². The maximum absolute atomic E-state index is 12.9. The van der Waals surface area contributed by atoms with Gasteiger partial charge >= 0.3 is 0 Å². The van der Waals surface area contributed by atoms with Crippen LogP contribution in [0.4, 0.5) is 4.39 Å². The van der Waals surface area contributed by atoms with E-state index in [1.807, 2.05) is 18.2 Å². The molecule has 2 heterocycles. The first-order valence-electron chi connectivity index (χ1n) is 8.37. The molecule has 0 N–H and O–H groups in total. The minimum absolute atomic E-state index is 0.0961. The van der Waals surface area contributed by atoms with Crippen LogP contribution < -0.4 is 4.74 Å². The molecule has 6 heteroatoms. The van der Waals surface area contributed by atoms with Crippen LogP contribution in [0.2, 0.25) is 0 Å². The topological polar surface area (TPSA) is 45.7 Å². The normalized spacial score (nSPS) is 16.5. The highest BCUT2D eigenvalue weighted by molar-refractivity contribution is 5.93. The summed E-state index contributed by atoms with van der Waals surface area (Å²) >= 11 is 0. The number of rotatable bonds is 4. The van der Waals surface area contributed by atoms with Crippen LogP contribution in [0.5, 0.6) is 5.75 Å². The average Bonchev–Trinajstić information content (AvgIpc) is 2.67. The number of carbonyl (C=O) groups is 1. The molecule has 1 atom stereocenters. The van der Waals surface area contributed by atoms with Crippen LogP contribution >= 0.6 is 0 Å². The van der Waals surface area contributed by atoms with E-state index in [-0.39, 0.29) is 11.9 Å². The summed E-state index contributed by atoms with van der Waals surface area (Å²) in [5, 5.41) is 0. The summed E-state index contributed by atoms with van der Waals surface area (Å²) in [5.41, 5.74) is 1.62. The first-order chi connectivity index (χ1) is 12.1. The molecule has 0 spiro atoms. The molecule has 1 aromatic heterocycles. The lowest BCUT2D eigenvalue weighted by atomic mass is 10.1. The van der Waals surface area contributed by atoms with Gasteiger partial charge in [-0.05, 0) is 36.8 Å². The van der Waals surface area contributed by atoms with Crippen molar-refractivity contribution in [3.63, 3.8) is 0 Å². The third-order valence-electron chi connectivity index (χ3n) is 4.70. The van der Waals surface area contributed by atoms with E-state index >= 15 is 0 Å². The van der Waals surface area contributed by atoms with Gasteiger partial charge in [0, 0.05) is 38.4 Å². The van der Waals surface area contributed by atoms with Gasteiger partial charge in [0.15, 0.2) is 0 Å². The molecule has 3 rings (SSSR count). The zero-order chi connectivity index (χ0) is 17.8. The number of hydrogen-bond donors (Lipinski definition) is 0. The summed E-state index contributed by atoms with van der Waals surface area (Å²) in [4.78, 5) is 20.2. The number of ether oxygens (including phenoxy) is 1. The van der Waals surface area contributed by atoms with Gasteiger partial charge in [0.1, 0.15) is 5.75 Å². The monoisotopic (exact) mass is 343 g/mol. The van der Waals surface area contributed by atoms with E-state index < -0.39 is 5.95 Å². The van der Waals surface area contributed by atoms with Gasteiger partial charge in [-0.25, -0.2) is 4.98 Å². The molecule has 0 bridgehead atoms. The molecule has 1 fully saturated rings. The number of benzene rings is 1. The molecular formula is C19H22FN3O2. The summed E-state index contributed by atoms with van der Waals surface area (Å²) in [7, 11) is 1.67. The van der Waals surface area contributed by atoms with Gasteiger partial charge in [0.25, 0.3) is 5.91 Å². The van der Waals surface area contributed by atoms with Crippen LogP contribution in [0.1, 0.15) is 28.9 Å². The van der Waals surface area contributed by atoms with Crippen molar-refractivity contribution in [2.75, 3.05) is 33.3 Å². The van der Waals surface area contributed by atoms with E-state index in [0.29, 0.717) is 18.7 Å². The van der Waals surface area contributed by atoms with E-state index in [1.54, 1.807) is 12.0 Å². The summed E-state index contributed by atoms with van der Waals surface area (Å²) in [6.07, 6.45) is 1.29. The Hall–Kier alpha value is -2.47. The Morgan fingerprint density at radius 3 is 2.60 bits per heavy atom. The average molecular weight is 343 g/mol. The van der Waals surface area contributed by atoms with Gasteiger partial charge in [-0.3, -0.25) is 9.69 Å². The minimum atomic E-state index is -0.575. The van der Waals surface area contributed by atoms with E-state index in [2.05, 4.69) is 22.9 Å². The molecule has 0 saturated carbocycles. The zero-order valence-corrected chi connectivity index (χ0v) is 14.5. The number of methoxy groups -OCH3 is 1. The number of amides is 1. The zero-order valence-electron chi connectivity index (χ0n) is 14.5. The molecule has 1 aromatic carbocycles. The molecule has 0 unspecified atom stereocenters.